The predicted octanol–water partition coefficient (Wildman–Crippen LogP) is 3.20. The number of hydrogen-bond acceptors (Lipinski definition) is 3. The van der Waals surface area contributed by atoms with Gasteiger partial charge in [0.15, 0.2) is 0 Å². The Bertz CT molecular complexity index is 463. The smallest absolute Gasteiger partial charge is 0.320 e. The van der Waals surface area contributed by atoms with Crippen LogP contribution in [0.2, 0.25) is 0 Å². The van der Waals surface area contributed by atoms with Gasteiger partial charge in [-0.3, -0.25) is 4.79 Å². The van der Waals surface area contributed by atoms with Crippen LogP contribution in [0.3, 0.4) is 0 Å². The van der Waals surface area contributed by atoms with Crippen molar-refractivity contribution < 1.29 is 14.6 Å². The molecule has 21 heavy (non-hydrogen) atoms. The minimum Gasteiger partial charge on any atom is -0.494 e. The van der Waals surface area contributed by atoms with Gasteiger partial charge in [-0.2, -0.15) is 0 Å². The number of carboxylic acid groups (broad SMARTS) is 1. The third kappa shape index (κ3) is 6.17. The Balaban J connectivity index is 2.57. The van der Waals surface area contributed by atoms with Crippen molar-refractivity contribution in [3.8, 4) is 5.75 Å². The highest BCUT2D eigenvalue weighted by molar-refractivity contribution is 5.73. The van der Waals surface area contributed by atoms with Crippen molar-refractivity contribution in [1.29, 1.82) is 0 Å². The fourth-order valence-electron chi connectivity index (χ4n) is 2.03. The summed E-state index contributed by atoms with van der Waals surface area (Å²) in [4.78, 5) is 11.1. The molecule has 4 nitrogen and oxygen atoms in total. The SMILES string of the molecule is CC(C)NC(CCOc1cccc(C(C)(C)C)c1)C(=O)O. The molecule has 0 aliphatic heterocycles. The minimum atomic E-state index is -0.837. The van der Waals surface area contributed by atoms with E-state index in [1.54, 1.807) is 0 Å². The van der Waals surface area contributed by atoms with E-state index in [0.29, 0.717) is 13.0 Å². The average Bonchev–Trinajstić information content (AvgIpc) is 2.36. The molecule has 0 spiro atoms. The van der Waals surface area contributed by atoms with Crippen LogP contribution in [0.15, 0.2) is 24.3 Å². The number of aliphatic carboxylic acids is 1. The van der Waals surface area contributed by atoms with E-state index < -0.39 is 12.0 Å². The van der Waals surface area contributed by atoms with Crippen molar-refractivity contribution in [1.82, 2.24) is 5.32 Å². The molecular formula is C17H27NO3. The summed E-state index contributed by atoms with van der Waals surface area (Å²) in [6, 6.07) is 7.53. The average molecular weight is 293 g/mol. The molecule has 1 unspecified atom stereocenters. The predicted molar refractivity (Wildman–Crippen MR) is 84.9 cm³/mol. The van der Waals surface area contributed by atoms with Gasteiger partial charge in [0.25, 0.3) is 0 Å². The highest BCUT2D eigenvalue weighted by Gasteiger charge is 2.18. The third-order valence-electron chi connectivity index (χ3n) is 3.21. The van der Waals surface area contributed by atoms with Crippen LogP contribution in [0.25, 0.3) is 0 Å². The van der Waals surface area contributed by atoms with Gasteiger partial charge in [0, 0.05) is 12.5 Å². The molecule has 1 aromatic rings. The molecule has 118 valence electrons. The molecule has 1 rings (SSSR count). The molecule has 0 radical (unpaired) electrons. The van der Waals surface area contributed by atoms with E-state index >= 15 is 0 Å². The van der Waals surface area contributed by atoms with Gasteiger partial charge >= 0.3 is 5.97 Å². The lowest BCUT2D eigenvalue weighted by Gasteiger charge is -2.20. The highest BCUT2D eigenvalue weighted by atomic mass is 16.5. The first-order valence-corrected chi connectivity index (χ1v) is 7.42. The van der Waals surface area contributed by atoms with Gasteiger partial charge in [0.2, 0.25) is 0 Å². The standard InChI is InChI=1S/C17H27NO3/c1-12(2)18-15(16(19)20)9-10-21-14-8-6-7-13(11-14)17(3,4)5/h6-8,11-12,15,18H,9-10H2,1-5H3,(H,19,20). The van der Waals surface area contributed by atoms with Crippen LogP contribution in [0.1, 0.15) is 46.6 Å². The monoisotopic (exact) mass is 293 g/mol. The molecule has 0 amide bonds. The number of benzene rings is 1. The fraction of sp³-hybridized carbons (Fsp3) is 0.588. The Labute approximate surface area is 127 Å². The summed E-state index contributed by atoms with van der Waals surface area (Å²) in [5, 5.41) is 12.2. The molecule has 4 heteroatoms. The molecule has 0 saturated heterocycles. The molecule has 2 N–H and O–H groups in total. The molecule has 0 bridgehead atoms. The van der Waals surface area contributed by atoms with Gasteiger partial charge < -0.3 is 15.2 Å². The summed E-state index contributed by atoms with van der Waals surface area (Å²) in [6.07, 6.45) is 0.438. The Hall–Kier alpha value is -1.55. The molecule has 1 atom stereocenters. The summed E-state index contributed by atoms with van der Waals surface area (Å²) in [6.45, 7) is 10.7. The molecule has 0 heterocycles. The number of rotatable bonds is 7. The lowest BCUT2D eigenvalue weighted by Crippen LogP contribution is -2.41. The van der Waals surface area contributed by atoms with Crippen LogP contribution in [0.5, 0.6) is 5.75 Å². The van der Waals surface area contributed by atoms with Crippen LogP contribution in [-0.4, -0.2) is 29.8 Å². The van der Waals surface area contributed by atoms with Gasteiger partial charge in [-0.25, -0.2) is 0 Å². The molecule has 1 aromatic carbocycles. The van der Waals surface area contributed by atoms with Crippen LogP contribution in [0.4, 0.5) is 0 Å². The first kappa shape index (κ1) is 17.5. The first-order chi connectivity index (χ1) is 9.70. The van der Waals surface area contributed by atoms with Crippen molar-refractivity contribution in [2.75, 3.05) is 6.61 Å². The maximum Gasteiger partial charge on any atom is 0.320 e. The Morgan fingerprint density at radius 2 is 2.00 bits per heavy atom. The summed E-state index contributed by atoms with van der Waals surface area (Å²) >= 11 is 0. The lowest BCUT2D eigenvalue weighted by molar-refractivity contribution is -0.140. The van der Waals surface area contributed by atoms with E-state index in [1.807, 2.05) is 32.0 Å². The second kappa shape index (κ2) is 7.46. The Morgan fingerprint density at radius 3 is 2.52 bits per heavy atom. The van der Waals surface area contributed by atoms with Crippen molar-refractivity contribution >= 4 is 5.97 Å². The maximum atomic E-state index is 11.1. The number of ether oxygens (including phenoxy) is 1. The number of nitrogens with one attached hydrogen (secondary N) is 1. The van der Waals surface area contributed by atoms with Crippen molar-refractivity contribution in [2.24, 2.45) is 0 Å². The molecule has 0 aromatic heterocycles. The first-order valence-electron chi connectivity index (χ1n) is 7.42. The largest absolute Gasteiger partial charge is 0.494 e. The minimum absolute atomic E-state index is 0.0716. The molecular weight excluding hydrogens is 266 g/mol. The second-order valence-electron chi connectivity index (χ2n) is 6.63. The topological polar surface area (TPSA) is 58.6 Å². The van der Waals surface area contributed by atoms with Crippen LogP contribution in [0, 0.1) is 0 Å². The molecule has 0 aliphatic rings. The number of carbonyl (C=O) groups is 1. The van der Waals surface area contributed by atoms with Gasteiger partial charge in [-0.05, 0) is 23.1 Å². The van der Waals surface area contributed by atoms with E-state index in [2.05, 4.69) is 32.2 Å². The molecule has 0 fully saturated rings. The van der Waals surface area contributed by atoms with E-state index in [9.17, 15) is 4.79 Å². The normalized spacial score (nSPS) is 13.2. The van der Waals surface area contributed by atoms with Crippen molar-refractivity contribution in [3.05, 3.63) is 29.8 Å². The van der Waals surface area contributed by atoms with Crippen molar-refractivity contribution in [3.63, 3.8) is 0 Å². The van der Waals surface area contributed by atoms with Crippen molar-refractivity contribution in [2.45, 2.75) is 58.5 Å². The summed E-state index contributed by atoms with van der Waals surface area (Å²) in [5.41, 5.74) is 1.28. The maximum absolute atomic E-state index is 11.1. The second-order valence-corrected chi connectivity index (χ2v) is 6.63. The third-order valence-corrected chi connectivity index (χ3v) is 3.21. The van der Waals surface area contributed by atoms with Gasteiger partial charge in [-0.1, -0.05) is 46.8 Å². The molecule has 0 aliphatic carbocycles. The summed E-state index contributed by atoms with van der Waals surface area (Å²) < 4.78 is 5.70. The van der Waals surface area contributed by atoms with Gasteiger partial charge in [0.1, 0.15) is 11.8 Å². The summed E-state index contributed by atoms with van der Waals surface area (Å²) in [5.74, 6) is -0.0492. The van der Waals surface area contributed by atoms with Crippen LogP contribution >= 0.6 is 0 Å². The zero-order valence-electron chi connectivity index (χ0n) is 13.6. The number of hydrogen-bond donors (Lipinski definition) is 2. The summed E-state index contributed by atoms with van der Waals surface area (Å²) in [7, 11) is 0. The lowest BCUT2D eigenvalue weighted by atomic mass is 9.87. The quantitative estimate of drug-likeness (QED) is 0.810. The van der Waals surface area contributed by atoms with E-state index in [-0.39, 0.29) is 11.5 Å². The van der Waals surface area contributed by atoms with E-state index in [4.69, 9.17) is 9.84 Å². The Morgan fingerprint density at radius 1 is 1.33 bits per heavy atom. The van der Waals surface area contributed by atoms with Gasteiger partial charge in [0.05, 0.1) is 6.61 Å². The highest BCUT2D eigenvalue weighted by Crippen LogP contribution is 2.25. The Kier molecular flexibility index (Phi) is 6.21. The van der Waals surface area contributed by atoms with E-state index in [1.165, 1.54) is 5.56 Å². The van der Waals surface area contributed by atoms with Gasteiger partial charge in [-0.15, -0.1) is 0 Å². The van der Waals surface area contributed by atoms with Crippen LogP contribution in [-0.2, 0) is 10.2 Å². The number of carboxylic acids is 1. The fourth-order valence-corrected chi connectivity index (χ4v) is 2.03. The zero-order chi connectivity index (χ0) is 16.0. The van der Waals surface area contributed by atoms with E-state index in [0.717, 1.165) is 5.75 Å². The molecule has 0 saturated carbocycles. The van der Waals surface area contributed by atoms with Crippen LogP contribution < -0.4 is 10.1 Å². The zero-order valence-corrected chi connectivity index (χ0v) is 13.6.